The summed E-state index contributed by atoms with van der Waals surface area (Å²) in [4.78, 5) is 36.3. The summed E-state index contributed by atoms with van der Waals surface area (Å²) in [6.45, 7) is 5.54. The van der Waals surface area contributed by atoms with Crippen molar-refractivity contribution in [3.8, 4) is 0 Å². The Morgan fingerprint density at radius 1 is 1.00 bits per heavy atom. The first-order valence-electron chi connectivity index (χ1n) is 9.29. The number of anilines is 1. The van der Waals surface area contributed by atoms with Gasteiger partial charge in [-0.1, -0.05) is 50.6 Å². The van der Waals surface area contributed by atoms with E-state index in [4.69, 9.17) is 10.5 Å². The third-order valence-corrected chi connectivity index (χ3v) is 4.72. The highest BCUT2D eigenvalue weighted by molar-refractivity contribution is 5.97. The van der Waals surface area contributed by atoms with Gasteiger partial charge in [0.1, 0.15) is 0 Å². The van der Waals surface area contributed by atoms with Gasteiger partial charge < -0.3 is 15.8 Å². The van der Waals surface area contributed by atoms with Crippen LogP contribution >= 0.6 is 0 Å². The number of carbonyl (C=O) groups excluding carboxylic acids is 3. The lowest BCUT2D eigenvalue weighted by Gasteiger charge is -2.23. The summed E-state index contributed by atoms with van der Waals surface area (Å²) in [5.41, 5.74) is 6.90. The van der Waals surface area contributed by atoms with E-state index in [2.05, 4.69) is 5.32 Å². The number of nitrogens with one attached hydrogen (secondary N) is 1. The van der Waals surface area contributed by atoms with Crippen molar-refractivity contribution < 1.29 is 19.1 Å². The topological polar surface area (TPSA) is 98.5 Å². The summed E-state index contributed by atoms with van der Waals surface area (Å²) in [6, 6.07) is 15.6. The molecule has 0 aliphatic heterocycles. The highest BCUT2D eigenvalue weighted by Crippen LogP contribution is 2.28. The molecule has 3 N–H and O–H groups in total. The zero-order valence-corrected chi connectivity index (χ0v) is 16.3. The van der Waals surface area contributed by atoms with Gasteiger partial charge in [0.15, 0.2) is 6.10 Å². The van der Waals surface area contributed by atoms with Gasteiger partial charge in [-0.15, -0.1) is 0 Å². The van der Waals surface area contributed by atoms with Crippen molar-refractivity contribution in [1.29, 1.82) is 0 Å². The van der Waals surface area contributed by atoms with Crippen LogP contribution in [0.15, 0.2) is 54.6 Å². The second-order valence-electron chi connectivity index (χ2n) is 6.78. The van der Waals surface area contributed by atoms with E-state index in [-0.39, 0.29) is 5.92 Å². The molecule has 2 aromatic rings. The van der Waals surface area contributed by atoms with Crippen LogP contribution in [0, 0.1) is 5.92 Å². The highest BCUT2D eigenvalue weighted by Gasteiger charge is 2.30. The Hall–Kier alpha value is -3.15. The number of benzene rings is 2. The molecule has 0 bridgehead atoms. The number of amides is 2. The van der Waals surface area contributed by atoms with Crippen molar-refractivity contribution >= 4 is 23.5 Å². The van der Waals surface area contributed by atoms with Crippen LogP contribution in [-0.4, -0.2) is 23.9 Å². The molecule has 0 saturated carbocycles. The number of primary amides is 1. The number of hydrogen-bond donors (Lipinski definition) is 2. The van der Waals surface area contributed by atoms with E-state index in [0.29, 0.717) is 11.3 Å². The molecule has 3 unspecified atom stereocenters. The van der Waals surface area contributed by atoms with E-state index in [1.54, 1.807) is 12.1 Å². The number of rotatable bonds is 8. The van der Waals surface area contributed by atoms with Crippen LogP contribution in [0.1, 0.15) is 49.0 Å². The summed E-state index contributed by atoms with van der Waals surface area (Å²) in [7, 11) is 0. The monoisotopic (exact) mass is 382 g/mol. The Bertz CT molecular complexity index is 818. The lowest BCUT2D eigenvalue weighted by molar-refractivity contribution is -0.155. The van der Waals surface area contributed by atoms with Crippen LogP contribution in [0.25, 0.3) is 0 Å². The zero-order chi connectivity index (χ0) is 20.7. The molecule has 0 spiro atoms. The van der Waals surface area contributed by atoms with Gasteiger partial charge in [-0.25, -0.2) is 0 Å². The first-order chi connectivity index (χ1) is 13.3. The average molecular weight is 382 g/mol. The summed E-state index contributed by atoms with van der Waals surface area (Å²) >= 11 is 0. The second kappa shape index (κ2) is 9.69. The van der Waals surface area contributed by atoms with Gasteiger partial charge in [-0.3, -0.25) is 14.4 Å². The number of esters is 1. The molecule has 3 atom stereocenters. The predicted molar refractivity (Wildman–Crippen MR) is 108 cm³/mol. The van der Waals surface area contributed by atoms with Gasteiger partial charge in [-0.05, 0) is 42.7 Å². The molecule has 2 rings (SSSR count). The first kappa shape index (κ1) is 21.2. The standard InChI is InChI=1S/C22H26N2O4/c1-4-14(2)19(16-8-6-5-7-9-16)22(27)28-15(3)21(26)24-18-12-10-17(11-13-18)20(23)25/h5-15,19H,4H2,1-3H3,(H2,23,25)(H,24,26). The average Bonchev–Trinajstić information content (AvgIpc) is 2.69. The van der Waals surface area contributed by atoms with Crippen molar-refractivity contribution in [2.24, 2.45) is 11.7 Å². The summed E-state index contributed by atoms with van der Waals surface area (Å²) < 4.78 is 5.46. The van der Waals surface area contributed by atoms with E-state index >= 15 is 0 Å². The quantitative estimate of drug-likeness (QED) is 0.683. The van der Waals surface area contributed by atoms with E-state index in [9.17, 15) is 14.4 Å². The minimum atomic E-state index is -0.960. The van der Waals surface area contributed by atoms with Crippen LogP contribution in [0.4, 0.5) is 5.69 Å². The van der Waals surface area contributed by atoms with Gasteiger partial charge >= 0.3 is 5.97 Å². The Balaban J connectivity index is 2.04. The van der Waals surface area contributed by atoms with Crippen LogP contribution in [0.5, 0.6) is 0 Å². The largest absolute Gasteiger partial charge is 0.452 e. The molecule has 0 heterocycles. The van der Waals surface area contributed by atoms with Crippen LogP contribution in [0.3, 0.4) is 0 Å². The highest BCUT2D eigenvalue weighted by atomic mass is 16.5. The lowest BCUT2D eigenvalue weighted by atomic mass is 9.85. The van der Waals surface area contributed by atoms with Gasteiger partial charge in [0.05, 0.1) is 5.92 Å². The third-order valence-electron chi connectivity index (χ3n) is 4.72. The van der Waals surface area contributed by atoms with Crippen molar-refractivity contribution in [1.82, 2.24) is 0 Å². The van der Waals surface area contributed by atoms with Crippen molar-refractivity contribution in [3.63, 3.8) is 0 Å². The molecule has 2 amide bonds. The van der Waals surface area contributed by atoms with E-state index in [1.807, 2.05) is 44.2 Å². The summed E-state index contributed by atoms with van der Waals surface area (Å²) in [6.07, 6.45) is -0.153. The Kier molecular flexibility index (Phi) is 7.32. The van der Waals surface area contributed by atoms with Crippen molar-refractivity contribution in [2.45, 2.75) is 39.2 Å². The van der Waals surface area contributed by atoms with Gasteiger partial charge in [0.25, 0.3) is 5.91 Å². The Labute approximate surface area is 165 Å². The molecule has 28 heavy (non-hydrogen) atoms. The van der Waals surface area contributed by atoms with Crippen molar-refractivity contribution in [2.75, 3.05) is 5.32 Å². The predicted octanol–water partition coefficient (Wildman–Crippen LogP) is 3.49. The summed E-state index contributed by atoms with van der Waals surface area (Å²) in [5.74, 6) is -1.77. The number of nitrogens with two attached hydrogens (primary N) is 1. The molecule has 0 fully saturated rings. The number of carbonyl (C=O) groups is 3. The minimum Gasteiger partial charge on any atom is -0.452 e. The van der Waals surface area contributed by atoms with E-state index in [1.165, 1.54) is 19.1 Å². The van der Waals surface area contributed by atoms with Crippen molar-refractivity contribution in [3.05, 3.63) is 65.7 Å². The molecule has 6 heteroatoms. The smallest absolute Gasteiger partial charge is 0.314 e. The minimum absolute atomic E-state index is 0.0755. The molecule has 0 saturated heterocycles. The number of ether oxygens (including phenoxy) is 1. The van der Waals surface area contributed by atoms with Gasteiger partial charge in [0.2, 0.25) is 5.91 Å². The lowest BCUT2D eigenvalue weighted by Crippen LogP contribution is -2.33. The zero-order valence-electron chi connectivity index (χ0n) is 16.3. The Morgan fingerprint density at radius 3 is 2.14 bits per heavy atom. The molecular formula is C22H26N2O4. The van der Waals surface area contributed by atoms with Gasteiger partial charge in [0, 0.05) is 11.3 Å². The molecule has 0 aromatic heterocycles. The maximum atomic E-state index is 12.8. The second-order valence-corrected chi connectivity index (χ2v) is 6.78. The molecule has 0 radical (unpaired) electrons. The van der Waals surface area contributed by atoms with Crippen LogP contribution in [0.2, 0.25) is 0 Å². The van der Waals surface area contributed by atoms with E-state index in [0.717, 1.165) is 12.0 Å². The van der Waals surface area contributed by atoms with Crippen LogP contribution < -0.4 is 11.1 Å². The van der Waals surface area contributed by atoms with Crippen LogP contribution in [-0.2, 0) is 14.3 Å². The third kappa shape index (κ3) is 5.42. The molecule has 2 aromatic carbocycles. The van der Waals surface area contributed by atoms with E-state index < -0.39 is 29.8 Å². The fourth-order valence-corrected chi connectivity index (χ4v) is 2.86. The fourth-order valence-electron chi connectivity index (χ4n) is 2.86. The molecule has 148 valence electrons. The molecule has 6 nitrogen and oxygen atoms in total. The SMILES string of the molecule is CCC(C)C(C(=O)OC(C)C(=O)Nc1ccc(C(N)=O)cc1)c1ccccc1. The van der Waals surface area contributed by atoms with Gasteiger partial charge in [-0.2, -0.15) is 0 Å². The Morgan fingerprint density at radius 2 is 1.61 bits per heavy atom. The molecular weight excluding hydrogens is 356 g/mol. The maximum Gasteiger partial charge on any atom is 0.314 e. The summed E-state index contributed by atoms with van der Waals surface area (Å²) in [5, 5.41) is 2.67. The molecule has 0 aliphatic carbocycles. The first-order valence-corrected chi connectivity index (χ1v) is 9.29. The fraction of sp³-hybridized carbons (Fsp3) is 0.318. The normalized spacial score (nSPS) is 13.8. The molecule has 0 aliphatic rings. The maximum absolute atomic E-state index is 12.8. The number of hydrogen-bond acceptors (Lipinski definition) is 4.